The van der Waals surface area contributed by atoms with E-state index in [1.54, 1.807) is 36.4 Å². The summed E-state index contributed by atoms with van der Waals surface area (Å²) in [5.41, 5.74) is 1.03. The SMILES string of the molecule is O=C(O)Cc1ccccc1NC(=O)C=Cc1ccc(Br)o1. The molecule has 1 amide bonds. The molecule has 2 N–H and O–H groups in total. The molecule has 0 atom stereocenters. The molecule has 2 aromatic rings. The van der Waals surface area contributed by atoms with Gasteiger partial charge in [-0.15, -0.1) is 0 Å². The summed E-state index contributed by atoms with van der Waals surface area (Å²) >= 11 is 3.17. The van der Waals surface area contributed by atoms with Gasteiger partial charge in [-0.25, -0.2) is 0 Å². The Morgan fingerprint density at radius 3 is 2.67 bits per heavy atom. The molecule has 5 nitrogen and oxygen atoms in total. The van der Waals surface area contributed by atoms with Gasteiger partial charge in [0, 0.05) is 11.8 Å². The minimum Gasteiger partial charge on any atom is -0.481 e. The van der Waals surface area contributed by atoms with Crippen LogP contribution in [0.4, 0.5) is 5.69 Å². The van der Waals surface area contributed by atoms with E-state index in [0.717, 1.165) is 0 Å². The van der Waals surface area contributed by atoms with E-state index >= 15 is 0 Å². The molecule has 21 heavy (non-hydrogen) atoms. The molecular formula is C15H12BrNO4. The molecule has 0 fully saturated rings. The van der Waals surface area contributed by atoms with Gasteiger partial charge >= 0.3 is 5.97 Å². The van der Waals surface area contributed by atoms with Crippen molar-refractivity contribution in [2.24, 2.45) is 0 Å². The van der Waals surface area contributed by atoms with Crippen LogP contribution in [0.25, 0.3) is 6.08 Å². The Kier molecular flexibility index (Phi) is 4.94. The maximum absolute atomic E-state index is 11.8. The summed E-state index contributed by atoms with van der Waals surface area (Å²) in [5.74, 6) is -0.774. The van der Waals surface area contributed by atoms with E-state index in [2.05, 4.69) is 21.2 Å². The number of halogens is 1. The molecule has 0 aliphatic heterocycles. The van der Waals surface area contributed by atoms with Crippen LogP contribution < -0.4 is 5.32 Å². The maximum atomic E-state index is 11.8. The van der Waals surface area contributed by atoms with Gasteiger partial charge in [-0.1, -0.05) is 18.2 Å². The number of hydrogen-bond donors (Lipinski definition) is 2. The summed E-state index contributed by atoms with van der Waals surface area (Å²) in [6, 6.07) is 10.2. The Balaban J connectivity index is 2.06. The summed E-state index contributed by atoms with van der Waals surface area (Å²) in [5, 5.41) is 11.5. The number of aliphatic carboxylic acids is 1. The first kappa shape index (κ1) is 15.1. The molecule has 0 unspecified atom stereocenters. The molecule has 1 aromatic heterocycles. The second-order valence-electron chi connectivity index (χ2n) is 4.19. The number of carbonyl (C=O) groups is 2. The van der Waals surface area contributed by atoms with Crippen LogP contribution in [-0.2, 0) is 16.0 Å². The zero-order valence-corrected chi connectivity index (χ0v) is 12.5. The fourth-order valence-electron chi connectivity index (χ4n) is 1.71. The Morgan fingerprint density at radius 2 is 2.00 bits per heavy atom. The molecule has 0 saturated carbocycles. The van der Waals surface area contributed by atoms with Crippen LogP contribution in [0.15, 0.2) is 51.6 Å². The highest BCUT2D eigenvalue weighted by Gasteiger charge is 2.07. The van der Waals surface area contributed by atoms with Crippen molar-refractivity contribution >= 4 is 39.6 Å². The third kappa shape index (κ3) is 4.61. The van der Waals surface area contributed by atoms with E-state index in [4.69, 9.17) is 9.52 Å². The molecule has 108 valence electrons. The van der Waals surface area contributed by atoms with E-state index in [-0.39, 0.29) is 12.3 Å². The van der Waals surface area contributed by atoms with Crippen molar-refractivity contribution in [3.8, 4) is 0 Å². The fraction of sp³-hybridized carbons (Fsp3) is 0.0667. The lowest BCUT2D eigenvalue weighted by atomic mass is 10.1. The fourth-order valence-corrected chi connectivity index (χ4v) is 2.03. The van der Waals surface area contributed by atoms with Gasteiger partial charge in [-0.05, 0) is 45.8 Å². The molecule has 0 radical (unpaired) electrons. The van der Waals surface area contributed by atoms with E-state index < -0.39 is 5.97 Å². The van der Waals surface area contributed by atoms with E-state index in [1.165, 1.54) is 12.2 Å². The van der Waals surface area contributed by atoms with Crippen LogP contribution in [0.5, 0.6) is 0 Å². The standard InChI is InChI=1S/C15H12BrNO4/c16-13-7-5-11(21-13)6-8-14(18)17-12-4-2-1-3-10(12)9-15(19)20/h1-8H,9H2,(H,17,18)(H,19,20). The second kappa shape index (κ2) is 6.90. The number of amides is 1. The number of carboxylic acid groups (broad SMARTS) is 1. The lowest BCUT2D eigenvalue weighted by Crippen LogP contribution is -2.11. The Bertz CT molecular complexity index is 690. The molecule has 2 rings (SSSR count). The van der Waals surface area contributed by atoms with E-state index in [0.29, 0.717) is 21.7 Å². The average Bonchev–Trinajstić information content (AvgIpc) is 2.84. The zero-order valence-electron chi connectivity index (χ0n) is 10.9. The molecule has 0 aliphatic carbocycles. The quantitative estimate of drug-likeness (QED) is 0.811. The van der Waals surface area contributed by atoms with Gasteiger partial charge in [0.2, 0.25) is 5.91 Å². The third-order valence-corrected chi connectivity index (χ3v) is 3.04. The number of para-hydroxylation sites is 1. The number of furan rings is 1. The third-order valence-electron chi connectivity index (χ3n) is 2.61. The second-order valence-corrected chi connectivity index (χ2v) is 4.97. The van der Waals surface area contributed by atoms with Crippen LogP contribution in [-0.4, -0.2) is 17.0 Å². The van der Waals surface area contributed by atoms with Gasteiger partial charge in [-0.3, -0.25) is 9.59 Å². The van der Waals surface area contributed by atoms with Crippen LogP contribution >= 0.6 is 15.9 Å². The number of hydrogen-bond acceptors (Lipinski definition) is 3. The van der Waals surface area contributed by atoms with E-state index in [9.17, 15) is 9.59 Å². The smallest absolute Gasteiger partial charge is 0.307 e. The van der Waals surface area contributed by atoms with Gasteiger partial charge in [0.05, 0.1) is 6.42 Å². The van der Waals surface area contributed by atoms with Crippen LogP contribution in [0.3, 0.4) is 0 Å². The lowest BCUT2D eigenvalue weighted by Gasteiger charge is -2.07. The highest BCUT2D eigenvalue weighted by Crippen LogP contribution is 2.17. The summed E-state index contributed by atoms with van der Waals surface area (Å²) in [6.07, 6.45) is 2.70. The highest BCUT2D eigenvalue weighted by atomic mass is 79.9. The van der Waals surface area contributed by atoms with Crippen molar-refractivity contribution in [1.29, 1.82) is 0 Å². The summed E-state index contributed by atoms with van der Waals surface area (Å²) in [4.78, 5) is 22.6. The number of benzene rings is 1. The van der Waals surface area contributed by atoms with Crippen molar-refractivity contribution in [3.05, 3.63) is 58.5 Å². The van der Waals surface area contributed by atoms with Gasteiger partial charge in [0.1, 0.15) is 5.76 Å². The van der Waals surface area contributed by atoms with Crippen molar-refractivity contribution in [1.82, 2.24) is 0 Å². The molecule has 0 bridgehead atoms. The molecule has 0 spiro atoms. The first-order valence-corrected chi connectivity index (χ1v) is 6.88. The number of carboxylic acids is 1. The van der Waals surface area contributed by atoms with Crippen molar-refractivity contribution in [3.63, 3.8) is 0 Å². The number of rotatable bonds is 5. The number of nitrogens with one attached hydrogen (secondary N) is 1. The minimum atomic E-state index is -0.951. The summed E-state index contributed by atoms with van der Waals surface area (Å²) in [7, 11) is 0. The zero-order chi connectivity index (χ0) is 15.2. The first-order valence-electron chi connectivity index (χ1n) is 6.08. The highest BCUT2D eigenvalue weighted by molar-refractivity contribution is 9.10. The van der Waals surface area contributed by atoms with Crippen molar-refractivity contribution < 1.29 is 19.1 Å². The topological polar surface area (TPSA) is 79.5 Å². The molecule has 1 aromatic carbocycles. The van der Waals surface area contributed by atoms with Crippen molar-refractivity contribution in [2.45, 2.75) is 6.42 Å². The Hall–Kier alpha value is -2.34. The minimum absolute atomic E-state index is 0.148. The van der Waals surface area contributed by atoms with Gasteiger partial charge in [0.15, 0.2) is 4.67 Å². The molecule has 6 heteroatoms. The average molecular weight is 350 g/mol. The predicted molar refractivity (Wildman–Crippen MR) is 81.9 cm³/mol. The lowest BCUT2D eigenvalue weighted by molar-refractivity contribution is -0.136. The first-order chi connectivity index (χ1) is 10.0. The summed E-state index contributed by atoms with van der Waals surface area (Å²) < 4.78 is 5.81. The van der Waals surface area contributed by atoms with Crippen molar-refractivity contribution in [2.75, 3.05) is 5.32 Å². The molecule has 1 heterocycles. The molecular weight excluding hydrogens is 338 g/mol. The normalized spacial score (nSPS) is 10.7. The Morgan fingerprint density at radius 1 is 1.24 bits per heavy atom. The predicted octanol–water partition coefficient (Wildman–Crippen LogP) is 3.32. The maximum Gasteiger partial charge on any atom is 0.307 e. The Labute approximate surface area is 129 Å². The number of anilines is 1. The van der Waals surface area contributed by atoms with Crippen LogP contribution in [0.2, 0.25) is 0 Å². The van der Waals surface area contributed by atoms with Gasteiger partial charge in [0.25, 0.3) is 0 Å². The largest absolute Gasteiger partial charge is 0.481 e. The molecule has 0 aliphatic rings. The van der Waals surface area contributed by atoms with Gasteiger partial charge < -0.3 is 14.8 Å². The summed E-state index contributed by atoms with van der Waals surface area (Å²) in [6.45, 7) is 0. The van der Waals surface area contributed by atoms with Crippen LogP contribution in [0, 0.1) is 0 Å². The van der Waals surface area contributed by atoms with Gasteiger partial charge in [-0.2, -0.15) is 0 Å². The monoisotopic (exact) mass is 349 g/mol. The van der Waals surface area contributed by atoms with E-state index in [1.807, 2.05) is 0 Å². The molecule has 0 saturated heterocycles. The number of carbonyl (C=O) groups excluding carboxylic acids is 1. The van der Waals surface area contributed by atoms with Crippen LogP contribution in [0.1, 0.15) is 11.3 Å².